The second kappa shape index (κ2) is 5.83. The number of carbonyl (C=O) groups is 3. The van der Waals surface area contributed by atoms with E-state index in [2.05, 4.69) is 20.9 Å². The molecule has 0 saturated carbocycles. The van der Waals surface area contributed by atoms with E-state index in [9.17, 15) is 14.4 Å². The molecule has 1 aromatic heterocycles. The molecule has 0 radical (unpaired) electrons. The van der Waals surface area contributed by atoms with Crippen molar-refractivity contribution in [3.05, 3.63) is 22.3 Å². The van der Waals surface area contributed by atoms with Gasteiger partial charge in [-0.2, -0.15) is 0 Å². The summed E-state index contributed by atoms with van der Waals surface area (Å²) in [5, 5.41) is -0.0889. The molecule has 0 spiro atoms. The third-order valence-electron chi connectivity index (χ3n) is 2.67. The molecule has 1 amide bonds. The molecule has 7 heteroatoms. The van der Waals surface area contributed by atoms with Gasteiger partial charge in [0.15, 0.2) is 11.4 Å². The molecule has 1 aromatic rings. The molecule has 1 fully saturated rings. The molecule has 5 nitrogen and oxygen atoms in total. The Labute approximate surface area is 122 Å². The van der Waals surface area contributed by atoms with Gasteiger partial charge in [0.2, 0.25) is 5.91 Å². The van der Waals surface area contributed by atoms with Crippen molar-refractivity contribution < 1.29 is 14.4 Å². The van der Waals surface area contributed by atoms with E-state index in [0.717, 1.165) is 11.8 Å². The number of hydrogen-bond acceptors (Lipinski definition) is 5. The minimum absolute atomic E-state index is 0.0148. The summed E-state index contributed by atoms with van der Waals surface area (Å²) in [6.45, 7) is 1.88. The van der Waals surface area contributed by atoms with Gasteiger partial charge in [0, 0.05) is 35.8 Å². The topological polar surface area (TPSA) is 67.3 Å². The van der Waals surface area contributed by atoms with Gasteiger partial charge < -0.3 is 0 Å². The fraction of sp³-hybridized carbons (Fsp3) is 0.333. The van der Waals surface area contributed by atoms with Gasteiger partial charge >= 0.3 is 0 Å². The van der Waals surface area contributed by atoms with E-state index in [1.165, 1.54) is 11.8 Å². The smallest absolute Gasteiger partial charge is 0.229 e. The van der Waals surface area contributed by atoms with Gasteiger partial charge in [0.05, 0.1) is 5.56 Å². The highest BCUT2D eigenvalue weighted by Gasteiger charge is 2.33. The highest BCUT2D eigenvalue weighted by Crippen LogP contribution is 2.29. The summed E-state index contributed by atoms with van der Waals surface area (Å²) < 4.78 is 0.680. The predicted molar refractivity (Wildman–Crippen MR) is 76.4 cm³/mol. The second-order valence-electron chi connectivity index (χ2n) is 4.12. The van der Waals surface area contributed by atoms with Crippen molar-refractivity contribution in [3.63, 3.8) is 0 Å². The number of aldehydes is 1. The minimum atomic E-state index is -0.114. The van der Waals surface area contributed by atoms with Gasteiger partial charge in [-0.3, -0.25) is 19.3 Å². The number of pyridine rings is 1. The second-order valence-corrected chi connectivity index (χ2v) is 6.52. The number of hydrogen-bond donors (Lipinski definition) is 0. The van der Waals surface area contributed by atoms with E-state index in [4.69, 9.17) is 0 Å². The summed E-state index contributed by atoms with van der Waals surface area (Å²) in [5.74, 6) is 0.242. The van der Waals surface area contributed by atoms with Crippen LogP contribution in [0.1, 0.15) is 23.7 Å². The van der Waals surface area contributed by atoms with E-state index in [1.807, 2.05) is 0 Å². The van der Waals surface area contributed by atoms with Gasteiger partial charge in [0.25, 0.3) is 0 Å². The lowest BCUT2D eigenvalue weighted by atomic mass is 10.2. The van der Waals surface area contributed by atoms with Crippen molar-refractivity contribution in [1.82, 2.24) is 4.98 Å². The standard InChI is InChI=1S/C12H11BrN2O3S/c1-7(17)19-10-3-11(18)15(5-10)12-8(6-16)2-9(13)4-14-12/h2,4,6,10H,3,5H2,1H3. The van der Waals surface area contributed by atoms with Crippen LogP contribution in [0.4, 0.5) is 5.82 Å². The number of halogens is 1. The summed E-state index contributed by atoms with van der Waals surface area (Å²) in [6.07, 6.45) is 2.51. The third-order valence-corrected chi connectivity index (χ3v) is 4.08. The van der Waals surface area contributed by atoms with Gasteiger partial charge in [-0.25, -0.2) is 4.98 Å². The molecule has 0 N–H and O–H groups in total. The number of nitrogens with zero attached hydrogens (tertiary/aromatic N) is 2. The Morgan fingerprint density at radius 3 is 3.00 bits per heavy atom. The molecule has 2 heterocycles. The molecule has 0 bridgehead atoms. The van der Waals surface area contributed by atoms with E-state index in [1.54, 1.807) is 12.3 Å². The van der Waals surface area contributed by atoms with Gasteiger partial charge in [-0.05, 0) is 22.0 Å². The zero-order chi connectivity index (χ0) is 14.0. The van der Waals surface area contributed by atoms with Crippen LogP contribution in [-0.4, -0.2) is 34.1 Å². The molecule has 100 valence electrons. The van der Waals surface area contributed by atoms with E-state index in [0.29, 0.717) is 35.1 Å². The molecule has 0 aromatic carbocycles. The molecular formula is C12H11BrN2O3S. The van der Waals surface area contributed by atoms with Crippen LogP contribution in [0.25, 0.3) is 0 Å². The maximum absolute atomic E-state index is 12.0. The van der Waals surface area contributed by atoms with Crippen LogP contribution in [-0.2, 0) is 9.59 Å². The first-order valence-electron chi connectivity index (χ1n) is 5.59. The normalized spacial score (nSPS) is 18.7. The number of carbonyl (C=O) groups excluding carboxylic acids is 3. The van der Waals surface area contributed by atoms with Crippen molar-refractivity contribution in [2.45, 2.75) is 18.6 Å². The van der Waals surface area contributed by atoms with Crippen molar-refractivity contribution in [2.75, 3.05) is 11.4 Å². The summed E-state index contributed by atoms with van der Waals surface area (Å²) in [7, 11) is 0. The number of anilines is 1. The Morgan fingerprint density at radius 2 is 2.37 bits per heavy atom. The van der Waals surface area contributed by atoms with Crippen LogP contribution in [0.3, 0.4) is 0 Å². The largest absolute Gasteiger partial charge is 0.298 e. The van der Waals surface area contributed by atoms with Crippen LogP contribution in [0.15, 0.2) is 16.7 Å². The van der Waals surface area contributed by atoms with E-state index < -0.39 is 0 Å². The van der Waals surface area contributed by atoms with E-state index in [-0.39, 0.29) is 16.3 Å². The van der Waals surface area contributed by atoms with E-state index >= 15 is 0 Å². The quantitative estimate of drug-likeness (QED) is 0.786. The lowest BCUT2D eigenvalue weighted by Crippen LogP contribution is -2.27. The lowest BCUT2D eigenvalue weighted by molar-refractivity contribution is -0.117. The average Bonchev–Trinajstić information content (AvgIpc) is 2.69. The molecule has 1 aliphatic rings. The highest BCUT2D eigenvalue weighted by atomic mass is 79.9. The molecule has 1 saturated heterocycles. The first kappa shape index (κ1) is 14.2. The van der Waals surface area contributed by atoms with Crippen LogP contribution >= 0.6 is 27.7 Å². The van der Waals surface area contributed by atoms with Gasteiger partial charge in [0.1, 0.15) is 5.82 Å². The fourth-order valence-electron chi connectivity index (χ4n) is 1.95. The first-order valence-corrected chi connectivity index (χ1v) is 7.27. The Hall–Kier alpha value is -1.21. The van der Waals surface area contributed by atoms with Crippen molar-refractivity contribution in [2.24, 2.45) is 0 Å². The molecule has 1 atom stereocenters. The third kappa shape index (κ3) is 3.22. The Bertz CT molecular complexity index is 550. The number of rotatable bonds is 3. The molecule has 1 aliphatic heterocycles. The SMILES string of the molecule is CC(=O)SC1CC(=O)N(c2ncc(Br)cc2C=O)C1. The predicted octanol–water partition coefficient (Wildman–Crippen LogP) is 2.04. The van der Waals surface area contributed by atoms with Crippen molar-refractivity contribution in [1.29, 1.82) is 0 Å². The van der Waals surface area contributed by atoms with Crippen LogP contribution in [0.2, 0.25) is 0 Å². The monoisotopic (exact) mass is 342 g/mol. The molecule has 1 unspecified atom stereocenters. The number of amides is 1. The Balaban J connectivity index is 2.25. The van der Waals surface area contributed by atoms with Crippen LogP contribution in [0, 0.1) is 0 Å². The van der Waals surface area contributed by atoms with Crippen molar-refractivity contribution >= 4 is 50.8 Å². The van der Waals surface area contributed by atoms with Gasteiger partial charge in [-0.1, -0.05) is 11.8 Å². The minimum Gasteiger partial charge on any atom is -0.298 e. The summed E-state index contributed by atoms with van der Waals surface area (Å²) in [6, 6.07) is 1.62. The summed E-state index contributed by atoms with van der Waals surface area (Å²) in [4.78, 5) is 39.7. The zero-order valence-corrected chi connectivity index (χ0v) is 12.5. The maximum Gasteiger partial charge on any atom is 0.229 e. The Kier molecular flexibility index (Phi) is 4.36. The average molecular weight is 343 g/mol. The molecule has 2 rings (SSSR count). The lowest BCUT2D eigenvalue weighted by Gasteiger charge is -2.17. The molecule has 0 aliphatic carbocycles. The van der Waals surface area contributed by atoms with Crippen molar-refractivity contribution in [3.8, 4) is 0 Å². The van der Waals surface area contributed by atoms with Crippen LogP contribution in [0.5, 0.6) is 0 Å². The maximum atomic E-state index is 12.0. The highest BCUT2D eigenvalue weighted by molar-refractivity contribution is 9.10. The Morgan fingerprint density at radius 1 is 1.63 bits per heavy atom. The van der Waals surface area contributed by atoms with Crippen LogP contribution < -0.4 is 4.90 Å². The zero-order valence-electron chi connectivity index (χ0n) is 10.1. The molecular weight excluding hydrogens is 332 g/mol. The summed E-state index contributed by atoms with van der Waals surface area (Å²) in [5.41, 5.74) is 0.358. The summed E-state index contributed by atoms with van der Waals surface area (Å²) >= 11 is 4.39. The van der Waals surface area contributed by atoms with Gasteiger partial charge in [-0.15, -0.1) is 0 Å². The first-order chi connectivity index (χ1) is 9.01. The fourth-order valence-corrected chi connectivity index (χ4v) is 3.22. The number of thioether (sulfide) groups is 1. The molecule has 19 heavy (non-hydrogen) atoms. The number of aromatic nitrogens is 1.